The fraction of sp³-hybridized carbons (Fsp3) is 0.500. The Hall–Kier alpha value is -0.760. The van der Waals surface area contributed by atoms with Gasteiger partial charge < -0.3 is 23.0 Å². The largest absolute Gasteiger partial charge is 0.477 e. The number of ether oxygens (including phenoxy) is 2. The summed E-state index contributed by atoms with van der Waals surface area (Å²) in [5, 5.41) is 0.0776. The van der Waals surface area contributed by atoms with Gasteiger partial charge in [-0.05, 0) is 36.9 Å². The minimum atomic E-state index is -2.57. The number of rotatable bonds is 5. The smallest absolute Gasteiger partial charge is 0.347 e. The number of hydrogen-bond donors (Lipinski definition) is 0. The summed E-state index contributed by atoms with van der Waals surface area (Å²) in [7, 11) is 0. The molecule has 4 rings (SSSR count). The van der Waals surface area contributed by atoms with Gasteiger partial charge in [0.2, 0.25) is 0 Å². The van der Waals surface area contributed by atoms with Gasteiger partial charge in [0.05, 0.1) is 30.3 Å². The quantitative estimate of drug-likeness (QED) is 0.560. The second-order valence-electron chi connectivity index (χ2n) is 5.71. The van der Waals surface area contributed by atoms with Gasteiger partial charge in [0.25, 0.3) is 0 Å². The Bertz CT molecular complexity index is 671. The highest BCUT2D eigenvalue weighted by Crippen LogP contribution is 2.60. The van der Waals surface area contributed by atoms with Crippen molar-refractivity contribution < 1.29 is 32.2 Å². The van der Waals surface area contributed by atoms with Crippen molar-refractivity contribution in [3.63, 3.8) is 0 Å². The summed E-state index contributed by atoms with van der Waals surface area (Å²) in [6.45, 7) is -0.0000620. The van der Waals surface area contributed by atoms with E-state index in [2.05, 4.69) is 0 Å². The average molecular weight is 397 g/mol. The molecular formula is C14H15ClFO6PS. The summed E-state index contributed by atoms with van der Waals surface area (Å²) < 4.78 is 39.9. The van der Waals surface area contributed by atoms with E-state index in [4.69, 9.17) is 46.5 Å². The lowest BCUT2D eigenvalue weighted by Crippen LogP contribution is -2.48. The van der Waals surface area contributed by atoms with Gasteiger partial charge in [-0.2, -0.15) is 0 Å². The van der Waals surface area contributed by atoms with Gasteiger partial charge in [0.15, 0.2) is 6.10 Å². The van der Waals surface area contributed by atoms with Gasteiger partial charge >= 0.3 is 12.7 Å². The summed E-state index contributed by atoms with van der Waals surface area (Å²) in [6, 6.07) is 3.65. The van der Waals surface area contributed by atoms with Gasteiger partial charge in [-0.15, -0.1) is 0 Å². The highest BCUT2D eigenvalue weighted by Gasteiger charge is 2.48. The molecule has 0 radical (unpaired) electrons. The van der Waals surface area contributed by atoms with Gasteiger partial charge in [0.1, 0.15) is 18.2 Å². The van der Waals surface area contributed by atoms with E-state index in [1.807, 2.05) is 0 Å². The molecule has 1 aromatic rings. The maximum atomic E-state index is 13.0. The van der Waals surface area contributed by atoms with Gasteiger partial charge in [-0.3, -0.25) is 0 Å². The third kappa shape index (κ3) is 3.90. The zero-order chi connectivity index (χ0) is 17.4. The predicted octanol–water partition coefficient (Wildman–Crippen LogP) is 3.08. The Kier molecular flexibility index (Phi) is 5.16. The van der Waals surface area contributed by atoms with Crippen LogP contribution >= 0.6 is 18.3 Å². The molecule has 2 bridgehead atoms. The highest BCUT2D eigenvalue weighted by molar-refractivity contribution is 8.07. The van der Waals surface area contributed by atoms with E-state index >= 15 is 0 Å². The number of halogens is 2. The van der Waals surface area contributed by atoms with Crippen molar-refractivity contribution in [2.75, 3.05) is 26.4 Å². The summed E-state index contributed by atoms with van der Waals surface area (Å²) >= 11 is 11.0. The normalized spacial score (nSPS) is 30.0. The first-order chi connectivity index (χ1) is 11.3. The lowest BCUT2D eigenvalue weighted by Gasteiger charge is -2.45. The van der Waals surface area contributed by atoms with Gasteiger partial charge in [-0.25, -0.2) is 9.18 Å². The van der Waals surface area contributed by atoms with Crippen molar-refractivity contribution in [2.45, 2.75) is 13.0 Å². The zero-order valence-corrected chi connectivity index (χ0v) is 15.2. The van der Waals surface area contributed by atoms with Crippen LogP contribution in [-0.2, 0) is 34.9 Å². The van der Waals surface area contributed by atoms with E-state index in [0.717, 1.165) is 6.07 Å². The SMILES string of the molecule is CC(Oc1ccc(F)cc1Cl)C(=O)OCC12COP(=S)(OC1)OC2. The molecule has 1 atom stereocenters. The monoisotopic (exact) mass is 396 g/mol. The van der Waals surface area contributed by atoms with Crippen molar-refractivity contribution in [2.24, 2.45) is 5.41 Å². The third-order valence-corrected chi connectivity index (χ3v) is 6.22. The minimum absolute atomic E-state index is 0.0615. The molecule has 3 saturated heterocycles. The molecular weight excluding hydrogens is 382 g/mol. The van der Waals surface area contributed by atoms with E-state index in [0.29, 0.717) is 19.8 Å². The molecule has 3 aliphatic rings. The number of benzene rings is 1. The molecule has 24 heavy (non-hydrogen) atoms. The first-order valence-corrected chi connectivity index (χ1v) is 10.1. The van der Waals surface area contributed by atoms with Crippen LogP contribution in [0.1, 0.15) is 6.92 Å². The molecule has 10 heteroatoms. The second-order valence-corrected chi connectivity index (χ2v) is 9.13. The molecule has 0 amide bonds. The Morgan fingerprint density at radius 3 is 2.62 bits per heavy atom. The van der Waals surface area contributed by atoms with E-state index in [9.17, 15) is 9.18 Å². The standard InChI is InChI=1S/C14H15ClFO6PS/c1-9(22-12-3-2-10(16)4-11(12)15)13(17)18-5-14-6-19-23(24,20-7-14)21-8-14/h2-4,9H,5-8H2,1H3. The molecule has 1 aromatic carbocycles. The Morgan fingerprint density at radius 1 is 1.42 bits per heavy atom. The lowest BCUT2D eigenvalue weighted by atomic mass is 9.92. The van der Waals surface area contributed by atoms with Crippen molar-refractivity contribution >= 4 is 36.1 Å². The van der Waals surface area contributed by atoms with Crippen LogP contribution in [0.15, 0.2) is 18.2 Å². The van der Waals surface area contributed by atoms with E-state index in [1.54, 1.807) is 0 Å². The van der Waals surface area contributed by atoms with Crippen LogP contribution in [0.4, 0.5) is 4.39 Å². The molecule has 0 aliphatic carbocycles. The summed E-state index contributed by atoms with van der Waals surface area (Å²) in [5.41, 5.74) is -0.552. The average Bonchev–Trinajstić information content (AvgIpc) is 2.56. The van der Waals surface area contributed by atoms with Crippen LogP contribution in [0.25, 0.3) is 0 Å². The van der Waals surface area contributed by atoms with Gasteiger partial charge in [-0.1, -0.05) is 11.6 Å². The third-order valence-electron chi connectivity index (χ3n) is 3.64. The molecule has 0 saturated carbocycles. The predicted molar refractivity (Wildman–Crippen MR) is 87.0 cm³/mol. The number of fused-ring (bicyclic) bond motifs is 3. The zero-order valence-electron chi connectivity index (χ0n) is 12.7. The van der Waals surface area contributed by atoms with Crippen LogP contribution in [0.2, 0.25) is 5.02 Å². The fourth-order valence-electron chi connectivity index (χ4n) is 2.16. The highest BCUT2D eigenvalue weighted by atomic mass is 35.5. The number of carbonyl (C=O) groups is 1. The van der Waals surface area contributed by atoms with Crippen LogP contribution < -0.4 is 4.74 Å². The molecule has 0 N–H and O–H groups in total. The second kappa shape index (κ2) is 6.86. The van der Waals surface area contributed by atoms with E-state index in [-0.39, 0.29) is 17.4 Å². The summed E-state index contributed by atoms with van der Waals surface area (Å²) in [6.07, 6.45) is -0.912. The van der Waals surface area contributed by atoms with Crippen molar-refractivity contribution in [1.29, 1.82) is 0 Å². The minimum Gasteiger partial charge on any atom is -0.477 e. The molecule has 3 aliphatic heterocycles. The first-order valence-electron chi connectivity index (χ1n) is 7.13. The lowest BCUT2D eigenvalue weighted by molar-refractivity contribution is -0.164. The van der Waals surface area contributed by atoms with Gasteiger partial charge in [0, 0.05) is 0 Å². The molecule has 3 fully saturated rings. The van der Waals surface area contributed by atoms with Crippen LogP contribution in [0.3, 0.4) is 0 Å². The summed E-state index contributed by atoms with van der Waals surface area (Å²) in [4.78, 5) is 12.1. The molecule has 0 spiro atoms. The topological polar surface area (TPSA) is 63.2 Å². The molecule has 3 heterocycles. The first kappa shape index (κ1) is 18.0. The molecule has 0 aromatic heterocycles. The van der Waals surface area contributed by atoms with E-state index in [1.165, 1.54) is 19.1 Å². The van der Waals surface area contributed by atoms with E-state index < -0.39 is 30.0 Å². The fourth-order valence-corrected chi connectivity index (χ4v) is 4.37. The Balaban J connectivity index is 1.54. The maximum absolute atomic E-state index is 13.0. The number of hydrogen-bond acceptors (Lipinski definition) is 7. The van der Waals surface area contributed by atoms with Crippen molar-refractivity contribution in [1.82, 2.24) is 0 Å². The summed E-state index contributed by atoms with van der Waals surface area (Å²) in [5.74, 6) is -0.871. The van der Waals surface area contributed by atoms with Crippen LogP contribution in [-0.4, -0.2) is 38.5 Å². The van der Waals surface area contributed by atoms with Crippen molar-refractivity contribution in [3.05, 3.63) is 29.0 Å². The van der Waals surface area contributed by atoms with Crippen molar-refractivity contribution in [3.8, 4) is 5.75 Å². The molecule has 6 nitrogen and oxygen atoms in total. The molecule has 1 unspecified atom stereocenters. The van der Waals surface area contributed by atoms with Crippen LogP contribution in [0, 0.1) is 11.2 Å². The van der Waals surface area contributed by atoms with Crippen LogP contribution in [0.5, 0.6) is 5.75 Å². The molecule has 132 valence electrons. The Labute approximate surface area is 148 Å². The maximum Gasteiger partial charge on any atom is 0.347 e. The Morgan fingerprint density at radius 2 is 2.04 bits per heavy atom. The number of esters is 1. The number of carbonyl (C=O) groups excluding carboxylic acids is 1.